The molecule has 0 unspecified atom stereocenters. The Kier molecular flexibility index (Phi) is 6.76. The summed E-state index contributed by atoms with van der Waals surface area (Å²) in [6.45, 7) is 4.86. The van der Waals surface area contributed by atoms with Crippen molar-refractivity contribution in [2.24, 2.45) is 0 Å². The Morgan fingerprint density at radius 2 is 1.63 bits per heavy atom. The van der Waals surface area contributed by atoms with Crippen LogP contribution in [0, 0.1) is 6.92 Å². The second kappa shape index (κ2) is 9.47. The Balaban J connectivity index is 0.000000199. The fourth-order valence-electron chi connectivity index (χ4n) is 2.69. The third-order valence-corrected chi connectivity index (χ3v) is 5.19. The van der Waals surface area contributed by atoms with E-state index in [4.69, 9.17) is 4.42 Å². The highest BCUT2D eigenvalue weighted by molar-refractivity contribution is 7.85. The first kappa shape index (κ1) is 21.4. The van der Waals surface area contributed by atoms with Crippen LogP contribution in [0.1, 0.15) is 12.5 Å². The normalized spacial score (nSPS) is 10.9. The minimum Gasteiger partial charge on any atom is -0.744 e. The van der Waals surface area contributed by atoms with Crippen molar-refractivity contribution in [3.8, 4) is 22.8 Å². The van der Waals surface area contributed by atoms with Gasteiger partial charge in [0.05, 0.1) is 11.1 Å². The number of pyridine rings is 1. The molecule has 154 valence electrons. The Bertz CT molecular complexity index is 1200. The number of aromatic nitrogens is 2. The SMILES string of the molecule is CC[n+]1cccc(-c2ncc(-c3ccccc3)o2)c1.Cc1ccc(S(=O)(=O)[O-])cc1. The number of hydrogen-bond acceptors (Lipinski definition) is 5. The lowest BCUT2D eigenvalue weighted by molar-refractivity contribution is -0.693. The van der Waals surface area contributed by atoms with Crippen LogP contribution in [0.4, 0.5) is 0 Å². The molecular formula is C23H22N2O4S. The smallest absolute Gasteiger partial charge is 0.232 e. The quantitative estimate of drug-likeness (QED) is 0.363. The molecule has 30 heavy (non-hydrogen) atoms. The average molecular weight is 423 g/mol. The molecule has 0 saturated carbocycles. The molecule has 0 aliphatic carbocycles. The second-order valence-electron chi connectivity index (χ2n) is 6.59. The summed E-state index contributed by atoms with van der Waals surface area (Å²) in [5.74, 6) is 1.45. The van der Waals surface area contributed by atoms with Crippen LogP contribution in [0.3, 0.4) is 0 Å². The van der Waals surface area contributed by atoms with E-state index in [0.29, 0.717) is 5.89 Å². The lowest BCUT2D eigenvalue weighted by atomic mass is 10.2. The van der Waals surface area contributed by atoms with E-state index in [1.807, 2.05) is 61.8 Å². The zero-order valence-electron chi connectivity index (χ0n) is 16.7. The van der Waals surface area contributed by atoms with Gasteiger partial charge in [0.1, 0.15) is 22.2 Å². The highest BCUT2D eigenvalue weighted by atomic mass is 32.2. The summed E-state index contributed by atoms with van der Waals surface area (Å²) in [5.41, 5.74) is 2.96. The van der Waals surface area contributed by atoms with Gasteiger partial charge in [-0.3, -0.25) is 0 Å². The zero-order chi connectivity index (χ0) is 21.6. The molecule has 0 spiro atoms. The van der Waals surface area contributed by atoms with Crippen LogP contribution in [-0.4, -0.2) is 18.0 Å². The van der Waals surface area contributed by atoms with E-state index >= 15 is 0 Å². The first-order valence-corrected chi connectivity index (χ1v) is 10.8. The number of hydrogen-bond donors (Lipinski definition) is 0. The van der Waals surface area contributed by atoms with Crippen molar-refractivity contribution in [3.05, 3.63) is 90.9 Å². The lowest BCUT2D eigenvalue weighted by Gasteiger charge is -2.05. The Hall–Kier alpha value is -3.29. The van der Waals surface area contributed by atoms with E-state index in [9.17, 15) is 13.0 Å². The standard InChI is InChI=1S/C16H15N2O.C7H8O3S/c1-2-18-10-6-9-14(12-18)16-17-11-15(19-16)13-7-4-3-5-8-13;1-6-2-4-7(5-3-6)11(8,9)10/h3-12H,2H2,1H3;2-5H,1H3,(H,8,9,10)/q+1;/p-1. The molecule has 2 aromatic heterocycles. The van der Waals surface area contributed by atoms with Crippen LogP contribution < -0.4 is 4.57 Å². The molecule has 0 aliphatic heterocycles. The van der Waals surface area contributed by atoms with Crippen molar-refractivity contribution in [2.45, 2.75) is 25.3 Å². The zero-order valence-corrected chi connectivity index (χ0v) is 17.5. The fraction of sp³-hybridized carbons (Fsp3) is 0.130. The molecule has 0 atom stereocenters. The molecule has 7 heteroatoms. The number of aryl methyl sites for hydroxylation is 2. The van der Waals surface area contributed by atoms with Gasteiger partial charge in [-0.15, -0.1) is 0 Å². The highest BCUT2D eigenvalue weighted by Crippen LogP contribution is 2.24. The predicted molar refractivity (Wildman–Crippen MR) is 112 cm³/mol. The molecule has 0 saturated heterocycles. The third kappa shape index (κ3) is 5.62. The minimum atomic E-state index is -4.27. The molecule has 6 nitrogen and oxygen atoms in total. The van der Waals surface area contributed by atoms with Crippen LogP contribution >= 0.6 is 0 Å². The molecule has 0 amide bonds. The molecule has 0 fully saturated rings. The molecule has 4 aromatic rings. The van der Waals surface area contributed by atoms with Crippen molar-refractivity contribution >= 4 is 10.1 Å². The summed E-state index contributed by atoms with van der Waals surface area (Å²) >= 11 is 0. The fourth-order valence-corrected chi connectivity index (χ4v) is 3.16. The van der Waals surface area contributed by atoms with Crippen LogP contribution in [0.5, 0.6) is 0 Å². The van der Waals surface area contributed by atoms with E-state index in [2.05, 4.69) is 16.5 Å². The molecule has 2 heterocycles. The van der Waals surface area contributed by atoms with Crippen LogP contribution in [0.2, 0.25) is 0 Å². The second-order valence-corrected chi connectivity index (χ2v) is 7.97. The van der Waals surface area contributed by atoms with Gasteiger partial charge >= 0.3 is 0 Å². The maximum Gasteiger partial charge on any atom is 0.232 e. The van der Waals surface area contributed by atoms with E-state index in [1.54, 1.807) is 18.3 Å². The van der Waals surface area contributed by atoms with Gasteiger partial charge < -0.3 is 8.97 Å². The summed E-state index contributed by atoms with van der Waals surface area (Å²) in [5, 5.41) is 0. The summed E-state index contributed by atoms with van der Waals surface area (Å²) in [7, 11) is -4.27. The summed E-state index contributed by atoms with van der Waals surface area (Å²) < 4.78 is 39.1. The van der Waals surface area contributed by atoms with Crippen molar-refractivity contribution in [1.82, 2.24) is 4.98 Å². The summed E-state index contributed by atoms with van der Waals surface area (Å²) in [4.78, 5) is 4.18. The topological polar surface area (TPSA) is 87.1 Å². The number of rotatable bonds is 4. The Morgan fingerprint density at radius 1 is 0.967 bits per heavy atom. The van der Waals surface area contributed by atoms with Gasteiger partial charge in [0.15, 0.2) is 18.2 Å². The summed E-state index contributed by atoms with van der Waals surface area (Å²) in [6.07, 6.45) is 5.85. The number of nitrogens with zero attached hydrogens (tertiary/aromatic N) is 2. The first-order chi connectivity index (χ1) is 14.4. The van der Waals surface area contributed by atoms with Crippen molar-refractivity contribution in [3.63, 3.8) is 0 Å². The van der Waals surface area contributed by atoms with Gasteiger partial charge in [-0.25, -0.2) is 18.0 Å². The van der Waals surface area contributed by atoms with E-state index in [-0.39, 0.29) is 4.90 Å². The molecule has 0 radical (unpaired) electrons. The van der Waals surface area contributed by atoms with Crippen LogP contribution in [-0.2, 0) is 16.7 Å². The van der Waals surface area contributed by atoms with Crippen LogP contribution in [0.25, 0.3) is 22.8 Å². The van der Waals surface area contributed by atoms with Gasteiger partial charge in [0.25, 0.3) is 0 Å². The van der Waals surface area contributed by atoms with E-state index in [0.717, 1.165) is 29.0 Å². The molecule has 2 aromatic carbocycles. The van der Waals surface area contributed by atoms with E-state index < -0.39 is 10.1 Å². The number of benzene rings is 2. The largest absolute Gasteiger partial charge is 0.744 e. The van der Waals surface area contributed by atoms with Crippen LogP contribution in [0.15, 0.2) is 94.6 Å². The summed E-state index contributed by atoms with van der Waals surface area (Å²) in [6, 6.07) is 19.8. The van der Waals surface area contributed by atoms with Crippen molar-refractivity contribution in [1.29, 1.82) is 0 Å². The van der Waals surface area contributed by atoms with Gasteiger partial charge in [0.2, 0.25) is 5.89 Å². The third-order valence-electron chi connectivity index (χ3n) is 4.34. The molecule has 4 rings (SSSR count). The van der Waals surface area contributed by atoms with E-state index in [1.165, 1.54) is 12.1 Å². The average Bonchev–Trinajstić information content (AvgIpc) is 3.25. The highest BCUT2D eigenvalue weighted by Gasteiger charge is 2.11. The Labute approximate surface area is 176 Å². The van der Waals surface area contributed by atoms with Gasteiger partial charge in [-0.2, -0.15) is 0 Å². The Morgan fingerprint density at radius 3 is 2.27 bits per heavy atom. The predicted octanol–water partition coefficient (Wildman–Crippen LogP) is 4.22. The molecule has 0 bridgehead atoms. The molecule has 0 N–H and O–H groups in total. The van der Waals surface area contributed by atoms with Gasteiger partial charge in [-0.1, -0.05) is 48.0 Å². The molecular weight excluding hydrogens is 400 g/mol. The van der Waals surface area contributed by atoms with Crippen molar-refractivity contribution < 1.29 is 22.0 Å². The molecule has 0 aliphatic rings. The van der Waals surface area contributed by atoms with Gasteiger partial charge in [0, 0.05) is 11.6 Å². The monoisotopic (exact) mass is 422 g/mol. The van der Waals surface area contributed by atoms with Crippen molar-refractivity contribution in [2.75, 3.05) is 0 Å². The minimum absolute atomic E-state index is 0.178. The maximum atomic E-state index is 10.4. The lowest BCUT2D eigenvalue weighted by Crippen LogP contribution is -2.30. The number of oxazole rings is 1. The van der Waals surface area contributed by atoms with Gasteiger partial charge in [-0.05, 0) is 32.0 Å². The maximum absolute atomic E-state index is 10.4. The first-order valence-electron chi connectivity index (χ1n) is 9.40.